The lowest BCUT2D eigenvalue weighted by molar-refractivity contribution is 0.637. The predicted molar refractivity (Wildman–Crippen MR) is 61.6 cm³/mol. The van der Waals surface area contributed by atoms with Crippen LogP contribution in [0.5, 0.6) is 0 Å². The van der Waals surface area contributed by atoms with E-state index in [0.29, 0.717) is 27.7 Å². The monoisotopic (exact) mass is 234 g/mol. The van der Waals surface area contributed by atoms with Gasteiger partial charge in [0, 0.05) is 5.38 Å². The lowest BCUT2D eigenvalue weighted by atomic mass is 10.3. The normalized spacial score (nSPS) is 11.1. The quantitative estimate of drug-likeness (QED) is 0.679. The number of rotatable bonds is 1. The number of hydrogen-bond donors (Lipinski definition) is 2. The van der Waals surface area contributed by atoms with Gasteiger partial charge in [0.15, 0.2) is 16.8 Å². The van der Waals surface area contributed by atoms with Crippen molar-refractivity contribution in [3.8, 4) is 11.5 Å². The number of imidazole rings is 1. The maximum atomic E-state index is 13.4. The minimum Gasteiger partial charge on any atom is -0.375 e. The second-order valence-corrected chi connectivity index (χ2v) is 4.18. The number of nitrogen functional groups attached to an aromatic ring is 1. The van der Waals surface area contributed by atoms with Crippen LogP contribution in [0.1, 0.15) is 0 Å². The number of nitrogens with two attached hydrogens (primary N) is 1. The van der Waals surface area contributed by atoms with Crippen molar-refractivity contribution in [2.45, 2.75) is 0 Å². The average Bonchev–Trinajstić information content (AvgIpc) is 2.84. The molecule has 0 spiro atoms. The number of nitrogens with one attached hydrogen (secondary N) is 1. The second-order valence-electron chi connectivity index (χ2n) is 3.29. The lowest BCUT2D eigenvalue weighted by Crippen LogP contribution is -1.84. The number of halogens is 1. The van der Waals surface area contributed by atoms with Crippen molar-refractivity contribution in [3.05, 3.63) is 29.4 Å². The first-order valence-electron chi connectivity index (χ1n) is 4.59. The number of hydrogen-bond acceptors (Lipinski definition) is 4. The number of aromatic amines is 1. The van der Waals surface area contributed by atoms with Gasteiger partial charge in [-0.3, -0.25) is 0 Å². The molecule has 0 fully saturated rings. The molecule has 0 bridgehead atoms. The van der Waals surface area contributed by atoms with Gasteiger partial charge in [0.05, 0.1) is 5.52 Å². The van der Waals surface area contributed by atoms with Gasteiger partial charge in [-0.1, -0.05) is 6.07 Å². The fourth-order valence-electron chi connectivity index (χ4n) is 1.51. The van der Waals surface area contributed by atoms with E-state index in [2.05, 4.69) is 15.0 Å². The van der Waals surface area contributed by atoms with E-state index in [0.717, 1.165) is 0 Å². The molecular formula is C10H7FN4S. The molecule has 1 aromatic carbocycles. The smallest absolute Gasteiger partial charge is 0.180 e. The van der Waals surface area contributed by atoms with E-state index in [1.807, 2.05) is 0 Å². The van der Waals surface area contributed by atoms with Crippen molar-refractivity contribution >= 4 is 27.5 Å². The van der Waals surface area contributed by atoms with Crippen molar-refractivity contribution in [2.24, 2.45) is 0 Å². The molecule has 2 aromatic heterocycles. The largest absolute Gasteiger partial charge is 0.375 e. The first-order valence-corrected chi connectivity index (χ1v) is 5.47. The van der Waals surface area contributed by atoms with Crippen LogP contribution in [-0.4, -0.2) is 15.0 Å². The standard InChI is InChI=1S/C10H7FN4S/c11-5-2-1-3-6-8(5)15-9(13-6)7-4-16-10(12)14-7/h1-4H,(H2,12,14)(H,13,15). The molecule has 0 aliphatic carbocycles. The van der Waals surface area contributed by atoms with Gasteiger partial charge in [-0.25, -0.2) is 14.4 Å². The third-order valence-corrected chi connectivity index (χ3v) is 2.90. The van der Waals surface area contributed by atoms with Crippen molar-refractivity contribution < 1.29 is 4.39 Å². The Labute approximate surface area is 94.0 Å². The SMILES string of the molecule is Nc1nc(-c2nc3c(F)cccc3[nH]2)cs1. The highest BCUT2D eigenvalue weighted by molar-refractivity contribution is 7.13. The zero-order valence-electron chi connectivity index (χ0n) is 8.07. The van der Waals surface area contributed by atoms with Gasteiger partial charge < -0.3 is 10.7 Å². The summed E-state index contributed by atoms with van der Waals surface area (Å²) in [6.07, 6.45) is 0. The summed E-state index contributed by atoms with van der Waals surface area (Å²) in [6.45, 7) is 0. The Morgan fingerprint density at radius 2 is 2.19 bits per heavy atom. The van der Waals surface area contributed by atoms with Gasteiger partial charge >= 0.3 is 0 Å². The third-order valence-electron chi connectivity index (χ3n) is 2.23. The molecule has 0 atom stereocenters. The van der Waals surface area contributed by atoms with Crippen molar-refractivity contribution in [1.82, 2.24) is 15.0 Å². The van der Waals surface area contributed by atoms with E-state index in [1.54, 1.807) is 17.5 Å². The van der Waals surface area contributed by atoms with Gasteiger partial charge in [-0.2, -0.15) is 0 Å². The first kappa shape index (κ1) is 9.29. The molecule has 0 saturated carbocycles. The summed E-state index contributed by atoms with van der Waals surface area (Å²) in [6, 6.07) is 4.78. The molecule has 6 heteroatoms. The summed E-state index contributed by atoms with van der Waals surface area (Å²) < 4.78 is 13.4. The van der Waals surface area contributed by atoms with Crippen LogP contribution in [0.15, 0.2) is 23.6 Å². The summed E-state index contributed by atoms with van der Waals surface area (Å²) in [5.41, 5.74) is 7.15. The highest BCUT2D eigenvalue weighted by atomic mass is 32.1. The average molecular weight is 234 g/mol. The van der Waals surface area contributed by atoms with E-state index in [4.69, 9.17) is 5.73 Å². The number of H-pyrrole nitrogens is 1. The molecule has 3 aromatic rings. The van der Waals surface area contributed by atoms with Crippen molar-refractivity contribution in [3.63, 3.8) is 0 Å². The van der Waals surface area contributed by atoms with Crippen LogP contribution in [0.2, 0.25) is 0 Å². The summed E-state index contributed by atoms with van der Waals surface area (Å²) in [5.74, 6) is 0.191. The van der Waals surface area contributed by atoms with Gasteiger partial charge in [0.2, 0.25) is 0 Å². The minimum atomic E-state index is -0.344. The molecule has 0 aliphatic heterocycles. The summed E-state index contributed by atoms with van der Waals surface area (Å²) in [5, 5.41) is 2.25. The van der Waals surface area contributed by atoms with Crippen molar-refractivity contribution in [2.75, 3.05) is 5.73 Å². The van der Waals surface area contributed by atoms with E-state index in [-0.39, 0.29) is 5.82 Å². The summed E-state index contributed by atoms with van der Waals surface area (Å²) >= 11 is 1.33. The van der Waals surface area contributed by atoms with Crippen LogP contribution < -0.4 is 5.73 Å². The molecule has 3 N–H and O–H groups in total. The number of fused-ring (bicyclic) bond motifs is 1. The van der Waals surface area contributed by atoms with Crippen LogP contribution >= 0.6 is 11.3 Å². The lowest BCUT2D eigenvalue weighted by Gasteiger charge is -1.86. The fraction of sp³-hybridized carbons (Fsp3) is 0. The molecule has 0 radical (unpaired) electrons. The molecule has 3 rings (SSSR count). The van der Waals surface area contributed by atoms with Gasteiger partial charge in [-0.15, -0.1) is 11.3 Å². The second kappa shape index (κ2) is 3.28. The highest BCUT2D eigenvalue weighted by Gasteiger charge is 2.10. The van der Waals surface area contributed by atoms with E-state index >= 15 is 0 Å². The van der Waals surface area contributed by atoms with Gasteiger partial charge in [0.1, 0.15) is 11.2 Å². The van der Waals surface area contributed by atoms with E-state index < -0.39 is 0 Å². The molecule has 0 saturated heterocycles. The van der Waals surface area contributed by atoms with Crippen LogP contribution in [-0.2, 0) is 0 Å². The Kier molecular flexibility index (Phi) is 1.90. The topological polar surface area (TPSA) is 67.6 Å². The zero-order chi connectivity index (χ0) is 11.1. The molecule has 2 heterocycles. The van der Waals surface area contributed by atoms with Crippen LogP contribution in [0, 0.1) is 5.82 Å². The number of aromatic nitrogens is 3. The summed E-state index contributed by atoms with van der Waals surface area (Å²) in [7, 11) is 0. The van der Waals surface area contributed by atoms with E-state index in [9.17, 15) is 4.39 Å². The Bertz CT molecular complexity index is 658. The molecule has 16 heavy (non-hydrogen) atoms. The van der Waals surface area contributed by atoms with Gasteiger partial charge in [0.25, 0.3) is 0 Å². The molecule has 4 nitrogen and oxygen atoms in total. The number of para-hydroxylation sites is 1. The number of benzene rings is 1. The third kappa shape index (κ3) is 1.35. The van der Waals surface area contributed by atoms with Gasteiger partial charge in [-0.05, 0) is 12.1 Å². The zero-order valence-corrected chi connectivity index (χ0v) is 8.88. The maximum absolute atomic E-state index is 13.4. The molecular weight excluding hydrogens is 227 g/mol. The Hall–Kier alpha value is -1.95. The fourth-order valence-corrected chi connectivity index (χ4v) is 2.06. The first-order chi connectivity index (χ1) is 7.74. The van der Waals surface area contributed by atoms with Crippen LogP contribution in [0.4, 0.5) is 9.52 Å². The molecule has 0 amide bonds. The molecule has 0 unspecified atom stereocenters. The Balaban J connectivity index is 2.22. The molecule has 0 aliphatic rings. The number of thiazole rings is 1. The predicted octanol–water partition coefficient (Wildman–Crippen LogP) is 2.41. The highest BCUT2D eigenvalue weighted by Crippen LogP contribution is 2.24. The maximum Gasteiger partial charge on any atom is 0.180 e. The van der Waals surface area contributed by atoms with Crippen LogP contribution in [0.3, 0.4) is 0 Å². The number of nitrogens with zero attached hydrogens (tertiary/aromatic N) is 2. The van der Waals surface area contributed by atoms with Crippen LogP contribution in [0.25, 0.3) is 22.6 Å². The molecule has 80 valence electrons. The Morgan fingerprint density at radius 3 is 2.88 bits per heavy atom. The number of anilines is 1. The van der Waals surface area contributed by atoms with E-state index in [1.165, 1.54) is 17.4 Å². The minimum absolute atomic E-state index is 0.323. The van der Waals surface area contributed by atoms with Crippen molar-refractivity contribution in [1.29, 1.82) is 0 Å². The summed E-state index contributed by atoms with van der Waals surface area (Å²) in [4.78, 5) is 11.2. The Morgan fingerprint density at radius 1 is 1.31 bits per heavy atom.